The molecule has 2 unspecified atom stereocenters. The average Bonchev–Trinajstić information content (AvgIpc) is 3.69. The minimum absolute atomic E-state index is 0. The minimum atomic E-state index is -1.07. The zero-order valence-corrected chi connectivity index (χ0v) is 44.2. The molecule has 2 saturated heterocycles. The number of amides is 8. The van der Waals surface area contributed by atoms with Crippen LogP contribution in [-0.2, 0) is 139 Å². The van der Waals surface area contributed by atoms with Crippen LogP contribution in [0, 0.1) is 5.82 Å². The van der Waals surface area contributed by atoms with Gasteiger partial charge in [0, 0.05) is 145 Å². The number of hydrogen-bond donors (Lipinski definition) is 5. The highest BCUT2D eigenvalue weighted by Crippen LogP contribution is 2.33. The van der Waals surface area contributed by atoms with E-state index in [0.29, 0.717) is 18.8 Å². The van der Waals surface area contributed by atoms with Crippen LogP contribution >= 0.6 is 0 Å². The number of carbonyl (C=O) groups excluding carboxylic acids is 8. The van der Waals surface area contributed by atoms with Crippen LogP contribution in [0.4, 0.5) is 10.1 Å². The zero-order chi connectivity index (χ0) is 47.0. The van der Waals surface area contributed by atoms with Gasteiger partial charge in [0.1, 0.15) is 17.9 Å². The SMILES string of the molecule is C.C.CCCCCN.NCCCCNc1cccc2c1C(=O)N(C1CCC(=O)NC1=O)C2=O.O=C1CCC(N2C(=O)c3cccc(F)c3C2=O)C(=O)N1.S=S=S=S=S=S=S=S=S=S=S=S=S. The summed E-state index contributed by atoms with van der Waals surface area (Å²) in [5.74, 6) is -5.50. The molecule has 366 valence electrons. The van der Waals surface area contributed by atoms with Crippen molar-refractivity contribution < 1.29 is 42.7 Å². The highest BCUT2D eigenvalue weighted by Gasteiger charge is 2.47. The molecular formula is C37H50FN7O8S13. The van der Waals surface area contributed by atoms with E-state index in [4.69, 9.17) is 33.8 Å². The number of rotatable bonds is 10. The second-order valence-corrected chi connectivity index (χ2v) is 32.4. The van der Waals surface area contributed by atoms with Gasteiger partial charge in [-0.3, -0.25) is 58.8 Å². The van der Waals surface area contributed by atoms with Crippen molar-refractivity contribution in [3.8, 4) is 0 Å². The Morgan fingerprint density at radius 3 is 1.45 bits per heavy atom. The van der Waals surface area contributed by atoms with Crippen LogP contribution in [0.1, 0.15) is 121 Å². The molecule has 7 N–H and O–H groups in total. The molecule has 2 atom stereocenters. The first-order chi connectivity index (χ1) is 30.9. The fourth-order valence-corrected chi connectivity index (χ4v) is 30.8. The Labute approximate surface area is 424 Å². The lowest BCUT2D eigenvalue weighted by Gasteiger charge is -2.27. The number of piperidine rings is 2. The van der Waals surface area contributed by atoms with Gasteiger partial charge in [0.25, 0.3) is 23.6 Å². The Hall–Kier alpha value is -2.49. The molecule has 66 heavy (non-hydrogen) atoms. The molecule has 0 radical (unpaired) electrons. The fourth-order valence-electron chi connectivity index (χ4n) is 6.12. The molecule has 2 aromatic carbocycles. The van der Waals surface area contributed by atoms with E-state index in [9.17, 15) is 42.7 Å². The molecule has 4 aliphatic heterocycles. The molecular weight excluding hydrogens is 1110 g/mol. The number of carbonyl (C=O) groups is 8. The van der Waals surface area contributed by atoms with Gasteiger partial charge in [-0.2, -0.15) is 0 Å². The third kappa shape index (κ3) is 18.4. The van der Waals surface area contributed by atoms with Crippen molar-refractivity contribution in [1.29, 1.82) is 0 Å². The molecule has 0 bridgehead atoms. The molecule has 15 nitrogen and oxygen atoms in total. The Balaban J connectivity index is 0.000000477. The Kier molecular flexibility index (Phi) is 31.6. The van der Waals surface area contributed by atoms with Gasteiger partial charge in [-0.15, -0.1) is 0 Å². The van der Waals surface area contributed by atoms with Crippen LogP contribution in [-0.4, -0.2) is 88.8 Å². The van der Waals surface area contributed by atoms with E-state index in [1.807, 2.05) is 0 Å². The number of nitrogens with one attached hydrogen (secondary N) is 3. The Morgan fingerprint density at radius 2 is 1.05 bits per heavy atom. The van der Waals surface area contributed by atoms with E-state index >= 15 is 0 Å². The average molecular weight is 1160 g/mol. The maximum Gasteiger partial charge on any atom is 0.265 e. The first-order valence-corrected chi connectivity index (χ1v) is 34.9. The van der Waals surface area contributed by atoms with E-state index in [1.54, 1.807) is 98.1 Å². The maximum absolute atomic E-state index is 13.7. The van der Waals surface area contributed by atoms with E-state index in [-0.39, 0.29) is 68.7 Å². The molecule has 0 saturated carbocycles. The number of hydrogen-bond acceptors (Lipinski definition) is 13. The molecule has 0 aromatic heterocycles. The van der Waals surface area contributed by atoms with Crippen LogP contribution < -0.4 is 27.4 Å². The van der Waals surface area contributed by atoms with Gasteiger partial charge in [0.05, 0.1) is 22.3 Å². The molecule has 4 aliphatic rings. The normalized spacial score (nSPS) is 16.4. The maximum atomic E-state index is 13.7. The second-order valence-electron chi connectivity index (χ2n) is 13.0. The van der Waals surface area contributed by atoms with E-state index in [1.165, 1.54) is 49.2 Å². The Morgan fingerprint density at radius 1 is 0.621 bits per heavy atom. The van der Waals surface area contributed by atoms with Crippen molar-refractivity contribution >= 4 is 173 Å². The van der Waals surface area contributed by atoms with Gasteiger partial charge in [-0.25, -0.2) is 4.39 Å². The first-order valence-electron chi connectivity index (χ1n) is 18.9. The quantitative estimate of drug-likeness (QED) is 0.171. The molecule has 8 amide bonds. The summed E-state index contributed by atoms with van der Waals surface area (Å²) >= 11 is 9.40. The van der Waals surface area contributed by atoms with Gasteiger partial charge in [0.2, 0.25) is 23.6 Å². The number of halogens is 1. The summed E-state index contributed by atoms with van der Waals surface area (Å²) in [6.07, 6.45) is 5.80. The summed E-state index contributed by atoms with van der Waals surface area (Å²) in [5, 5.41) is 7.42. The lowest BCUT2D eigenvalue weighted by atomic mass is 10.0. The van der Waals surface area contributed by atoms with Gasteiger partial charge < -0.3 is 16.8 Å². The largest absolute Gasteiger partial charge is 0.384 e. The zero-order valence-electron chi connectivity index (χ0n) is 33.6. The first kappa shape index (κ1) is 61.5. The van der Waals surface area contributed by atoms with Crippen LogP contribution in [0.2, 0.25) is 0 Å². The smallest absolute Gasteiger partial charge is 0.265 e. The molecule has 2 fully saturated rings. The standard InChI is InChI=1S/C17H20N4O4.C13H9FN2O4.C5H13N.2CH4.S13/c18-8-1-2-9-19-11-5-3-4-10-14(11)17(25)21(16(10)24)12-6-7-13(22)20-15(12)23;14-7-3-1-2-6-10(7)13(20)16(12(6)19)8-4-5-9(17)15-11(8)18;1-2-3-4-5-6;;;1-3-5-7-9-11-13-12-10-8-6-4-2/h3-5,12,19H,1-2,6-9,18H2,(H,20,22,23);1-3,8H,4-5H2,(H,15,17,18);2-6H2,1H3;2*1H4;. The lowest BCUT2D eigenvalue weighted by molar-refractivity contribution is -0.137. The minimum Gasteiger partial charge on any atom is -0.384 e. The predicted octanol–water partition coefficient (Wildman–Crippen LogP) is 2.84. The van der Waals surface area contributed by atoms with Crippen molar-refractivity contribution in [1.82, 2.24) is 20.4 Å². The number of nitrogens with two attached hydrogens (primary N) is 2. The molecule has 6 rings (SSSR count). The van der Waals surface area contributed by atoms with E-state index in [2.05, 4.69) is 22.9 Å². The summed E-state index contributed by atoms with van der Waals surface area (Å²) in [4.78, 5) is 97.7. The van der Waals surface area contributed by atoms with Gasteiger partial charge in [0.15, 0.2) is 0 Å². The summed E-state index contributed by atoms with van der Waals surface area (Å²) in [6.45, 7) is 4.26. The number of fused-ring (bicyclic) bond motifs is 2. The van der Waals surface area contributed by atoms with Gasteiger partial charge >= 0.3 is 0 Å². The van der Waals surface area contributed by atoms with Gasteiger partial charge in [-0.05, 0) is 69.5 Å². The number of nitrogens with zero attached hydrogens (tertiary/aromatic N) is 2. The van der Waals surface area contributed by atoms with E-state index < -0.39 is 59.3 Å². The third-order valence-electron chi connectivity index (χ3n) is 8.92. The number of unbranched alkanes of at least 4 members (excludes halogenated alkanes) is 3. The Bertz CT molecular complexity index is 2610. The highest BCUT2D eigenvalue weighted by molar-refractivity contribution is 8.75. The van der Waals surface area contributed by atoms with Crippen LogP contribution in [0.15, 0.2) is 36.4 Å². The van der Waals surface area contributed by atoms with Crippen molar-refractivity contribution in [3.63, 3.8) is 0 Å². The molecule has 0 aliphatic carbocycles. The van der Waals surface area contributed by atoms with Crippen molar-refractivity contribution in [2.75, 3.05) is 25.0 Å². The highest BCUT2D eigenvalue weighted by atomic mass is 33.5. The summed E-state index contributed by atoms with van der Waals surface area (Å²) in [5.41, 5.74) is 11.4. The van der Waals surface area contributed by atoms with Crippen LogP contribution in [0.3, 0.4) is 0 Å². The van der Waals surface area contributed by atoms with E-state index in [0.717, 1.165) is 35.3 Å². The van der Waals surface area contributed by atoms with Crippen LogP contribution in [0.5, 0.6) is 0 Å². The third-order valence-corrected chi connectivity index (χ3v) is 31.1. The predicted molar refractivity (Wildman–Crippen MR) is 291 cm³/mol. The van der Waals surface area contributed by atoms with Crippen molar-refractivity contribution in [2.45, 2.75) is 91.6 Å². The molecule has 29 heteroatoms. The van der Waals surface area contributed by atoms with Crippen molar-refractivity contribution in [2.24, 2.45) is 11.5 Å². The summed E-state index contributed by atoms with van der Waals surface area (Å²) < 4.78 is 13.7. The van der Waals surface area contributed by atoms with Gasteiger partial charge in [-0.1, -0.05) is 46.8 Å². The fraction of sp³-hybridized carbons (Fsp3) is 0.459. The van der Waals surface area contributed by atoms with Crippen molar-refractivity contribution in [3.05, 3.63) is 64.5 Å². The lowest BCUT2D eigenvalue weighted by Crippen LogP contribution is -2.54. The molecule has 0 spiro atoms. The summed E-state index contributed by atoms with van der Waals surface area (Å²) in [6, 6.07) is 6.74. The number of anilines is 1. The number of benzene rings is 2. The van der Waals surface area contributed by atoms with Crippen LogP contribution in [0.25, 0.3) is 0 Å². The monoisotopic (exact) mass is 1160 g/mol. The number of imide groups is 4. The summed E-state index contributed by atoms with van der Waals surface area (Å²) in [7, 11) is 18.1. The topological polar surface area (TPSA) is 231 Å². The molecule has 2 aromatic rings. The second kappa shape index (κ2) is 33.9. The molecule has 4 heterocycles.